The van der Waals surface area contributed by atoms with Crippen LogP contribution in [0.5, 0.6) is 5.75 Å². The van der Waals surface area contributed by atoms with Crippen LogP contribution in [0.15, 0.2) is 48.5 Å². The van der Waals surface area contributed by atoms with Gasteiger partial charge in [0.05, 0.1) is 0 Å². The second-order valence-electron chi connectivity index (χ2n) is 4.48. The third kappa shape index (κ3) is 3.32. The largest absolute Gasteiger partial charge is 0.499 e. The second kappa shape index (κ2) is 5.35. The van der Waals surface area contributed by atoms with Gasteiger partial charge in [-0.3, -0.25) is 0 Å². The molecule has 0 amide bonds. The highest BCUT2D eigenvalue weighted by molar-refractivity contribution is 5.70. The van der Waals surface area contributed by atoms with Crippen LogP contribution in [0.3, 0.4) is 0 Å². The zero-order chi connectivity index (χ0) is 15.7. The molecule has 0 N–H and O–H groups in total. The Kier molecular flexibility index (Phi) is 3.89. The van der Waals surface area contributed by atoms with Crippen molar-refractivity contribution >= 4 is 0 Å². The van der Waals surface area contributed by atoms with E-state index in [1.54, 1.807) is 24.3 Å². The third-order valence-corrected chi connectivity index (χ3v) is 2.82. The molecule has 0 radical (unpaired) electrons. The molecule has 0 aliphatic rings. The maximum atomic E-state index is 13.0. The van der Waals surface area contributed by atoms with E-state index in [9.17, 15) is 22.0 Å². The molecule has 0 bridgehead atoms. The summed E-state index contributed by atoms with van der Waals surface area (Å²) in [4.78, 5) is 0. The lowest BCUT2D eigenvalue weighted by Gasteiger charge is -2.21. The molecular formula is C15H11F5O. The Morgan fingerprint density at radius 1 is 0.810 bits per heavy atom. The van der Waals surface area contributed by atoms with Gasteiger partial charge in [0.25, 0.3) is 0 Å². The van der Waals surface area contributed by atoms with Crippen molar-refractivity contribution in [2.24, 2.45) is 0 Å². The maximum absolute atomic E-state index is 13.0. The van der Waals surface area contributed by atoms with Crippen molar-refractivity contribution in [3.63, 3.8) is 0 Å². The zero-order valence-corrected chi connectivity index (χ0v) is 10.9. The standard InChI is InChI=1S/C15H11F5O/c1-10-6-8-11(9-7-10)12-4-2-3-5-13(12)21-15(19,20)14(16,17)18/h2-9H,1H3. The SMILES string of the molecule is Cc1ccc(-c2ccccc2OC(F)(F)C(F)(F)F)cc1. The highest BCUT2D eigenvalue weighted by atomic mass is 19.4. The van der Waals surface area contributed by atoms with Gasteiger partial charge in [0.2, 0.25) is 0 Å². The van der Waals surface area contributed by atoms with Crippen molar-refractivity contribution in [1.82, 2.24) is 0 Å². The number of alkyl halides is 5. The van der Waals surface area contributed by atoms with E-state index in [4.69, 9.17) is 0 Å². The first kappa shape index (κ1) is 15.3. The molecule has 112 valence electrons. The number of para-hydroxylation sites is 1. The molecule has 0 atom stereocenters. The molecule has 0 aliphatic carbocycles. The smallest absolute Gasteiger partial charge is 0.425 e. The van der Waals surface area contributed by atoms with Crippen LogP contribution in [0, 0.1) is 6.92 Å². The topological polar surface area (TPSA) is 9.23 Å². The van der Waals surface area contributed by atoms with Gasteiger partial charge in [-0.05, 0) is 18.6 Å². The number of halogens is 5. The van der Waals surface area contributed by atoms with Gasteiger partial charge in [-0.25, -0.2) is 0 Å². The minimum atomic E-state index is -5.77. The van der Waals surface area contributed by atoms with Gasteiger partial charge in [0.15, 0.2) is 0 Å². The Bertz CT molecular complexity index is 617. The van der Waals surface area contributed by atoms with Crippen LogP contribution in [0.1, 0.15) is 5.56 Å². The van der Waals surface area contributed by atoms with Gasteiger partial charge in [0, 0.05) is 5.56 Å². The summed E-state index contributed by atoms with van der Waals surface area (Å²) in [7, 11) is 0. The van der Waals surface area contributed by atoms with E-state index in [1.807, 2.05) is 6.92 Å². The van der Waals surface area contributed by atoms with Crippen LogP contribution in [0.4, 0.5) is 22.0 Å². The van der Waals surface area contributed by atoms with E-state index in [0.29, 0.717) is 5.56 Å². The van der Waals surface area contributed by atoms with E-state index in [-0.39, 0.29) is 5.56 Å². The van der Waals surface area contributed by atoms with Crippen molar-refractivity contribution in [2.75, 3.05) is 0 Å². The average molecular weight is 302 g/mol. The first-order valence-electron chi connectivity index (χ1n) is 6.00. The maximum Gasteiger partial charge on any atom is 0.499 e. The highest BCUT2D eigenvalue weighted by Crippen LogP contribution is 2.40. The summed E-state index contributed by atoms with van der Waals surface area (Å²) in [5, 5.41) is 0. The Hall–Kier alpha value is -2.11. The summed E-state index contributed by atoms with van der Waals surface area (Å²) in [6.07, 6.45) is -11.0. The van der Waals surface area contributed by atoms with E-state index >= 15 is 0 Å². The van der Waals surface area contributed by atoms with Crippen LogP contribution < -0.4 is 4.74 Å². The van der Waals surface area contributed by atoms with Crippen LogP contribution in [0.2, 0.25) is 0 Å². The Morgan fingerprint density at radius 2 is 1.38 bits per heavy atom. The molecule has 0 saturated heterocycles. The minimum absolute atomic E-state index is 0.168. The molecular weight excluding hydrogens is 291 g/mol. The summed E-state index contributed by atoms with van der Waals surface area (Å²) in [6.45, 7) is 1.84. The lowest BCUT2D eigenvalue weighted by Crippen LogP contribution is -2.42. The Morgan fingerprint density at radius 3 is 1.95 bits per heavy atom. The predicted molar refractivity (Wildman–Crippen MR) is 68.2 cm³/mol. The number of hydrogen-bond donors (Lipinski definition) is 0. The Labute approximate surface area is 118 Å². The van der Waals surface area contributed by atoms with E-state index in [0.717, 1.165) is 11.6 Å². The molecule has 0 aliphatic heterocycles. The van der Waals surface area contributed by atoms with Crippen molar-refractivity contribution in [1.29, 1.82) is 0 Å². The predicted octanol–water partition coefficient (Wildman–Crippen LogP) is 5.20. The van der Waals surface area contributed by atoms with Gasteiger partial charge >= 0.3 is 12.3 Å². The van der Waals surface area contributed by atoms with E-state index < -0.39 is 18.0 Å². The Balaban J connectivity index is 2.40. The molecule has 0 fully saturated rings. The van der Waals surface area contributed by atoms with Crippen LogP contribution in [0.25, 0.3) is 11.1 Å². The summed E-state index contributed by atoms with van der Waals surface area (Å²) < 4.78 is 66.7. The lowest BCUT2D eigenvalue weighted by molar-refractivity contribution is -0.360. The number of rotatable bonds is 3. The summed E-state index contributed by atoms with van der Waals surface area (Å²) in [5.41, 5.74) is 1.60. The van der Waals surface area contributed by atoms with Crippen LogP contribution in [-0.4, -0.2) is 12.3 Å². The minimum Gasteiger partial charge on any atom is -0.425 e. The summed E-state index contributed by atoms with van der Waals surface area (Å²) in [5.74, 6) is -0.524. The number of aryl methyl sites for hydroxylation is 1. The molecule has 0 saturated carbocycles. The normalized spacial score (nSPS) is 12.3. The molecule has 0 aromatic heterocycles. The molecule has 21 heavy (non-hydrogen) atoms. The number of hydrogen-bond acceptors (Lipinski definition) is 1. The molecule has 0 heterocycles. The molecule has 6 heteroatoms. The fraction of sp³-hybridized carbons (Fsp3) is 0.200. The quantitative estimate of drug-likeness (QED) is 0.708. The van der Waals surface area contributed by atoms with Crippen molar-refractivity contribution in [3.05, 3.63) is 54.1 Å². The van der Waals surface area contributed by atoms with Crippen LogP contribution in [-0.2, 0) is 0 Å². The third-order valence-electron chi connectivity index (χ3n) is 2.82. The van der Waals surface area contributed by atoms with Gasteiger partial charge in [0.1, 0.15) is 5.75 Å². The van der Waals surface area contributed by atoms with Crippen molar-refractivity contribution in [3.8, 4) is 16.9 Å². The van der Waals surface area contributed by atoms with Crippen molar-refractivity contribution < 1.29 is 26.7 Å². The fourth-order valence-corrected chi connectivity index (χ4v) is 1.72. The van der Waals surface area contributed by atoms with Gasteiger partial charge < -0.3 is 4.74 Å². The molecule has 0 spiro atoms. The van der Waals surface area contributed by atoms with Gasteiger partial charge in [-0.15, -0.1) is 0 Å². The van der Waals surface area contributed by atoms with Gasteiger partial charge in [-0.1, -0.05) is 48.0 Å². The number of benzene rings is 2. The monoisotopic (exact) mass is 302 g/mol. The molecule has 2 aromatic rings. The highest BCUT2D eigenvalue weighted by Gasteiger charge is 2.61. The second-order valence-corrected chi connectivity index (χ2v) is 4.48. The first-order chi connectivity index (χ1) is 9.71. The van der Waals surface area contributed by atoms with E-state index in [2.05, 4.69) is 4.74 Å². The lowest BCUT2D eigenvalue weighted by atomic mass is 10.0. The van der Waals surface area contributed by atoms with Crippen molar-refractivity contribution in [2.45, 2.75) is 19.2 Å². The van der Waals surface area contributed by atoms with Gasteiger partial charge in [-0.2, -0.15) is 22.0 Å². The fourth-order valence-electron chi connectivity index (χ4n) is 1.72. The number of ether oxygens (including phenoxy) is 1. The molecule has 2 aromatic carbocycles. The summed E-state index contributed by atoms with van der Waals surface area (Å²) in [6, 6.07) is 12.1. The first-order valence-corrected chi connectivity index (χ1v) is 6.00. The molecule has 1 nitrogen and oxygen atoms in total. The van der Waals surface area contributed by atoms with E-state index in [1.165, 1.54) is 18.2 Å². The molecule has 2 rings (SSSR count). The van der Waals surface area contributed by atoms with Crippen LogP contribution >= 0.6 is 0 Å². The molecule has 0 unspecified atom stereocenters. The zero-order valence-electron chi connectivity index (χ0n) is 10.9. The average Bonchev–Trinajstić information content (AvgIpc) is 2.39. The summed E-state index contributed by atoms with van der Waals surface area (Å²) >= 11 is 0.